The molecule has 0 aromatic rings. The van der Waals surface area contributed by atoms with Crippen molar-refractivity contribution in [3.8, 4) is 0 Å². The molecule has 0 aromatic heterocycles. The highest BCUT2D eigenvalue weighted by Crippen LogP contribution is 2.11. The molecule has 0 aliphatic heterocycles. The van der Waals surface area contributed by atoms with E-state index in [1.54, 1.807) is 0 Å². The summed E-state index contributed by atoms with van der Waals surface area (Å²) in [5.41, 5.74) is 0. The van der Waals surface area contributed by atoms with Crippen LogP contribution in [0.3, 0.4) is 0 Å². The molecule has 0 amide bonds. The first-order valence-electron chi connectivity index (χ1n) is 11.1. The number of aliphatic hydroxyl groups excluding tert-OH is 1. The number of carbonyl (C=O) groups is 1. The van der Waals surface area contributed by atoms with Gasteiger partial charge in [-0.05, 0) is 51.5 Å². The van der Waals surface area contributed by atoms with Gasteiger partial charge in [0.2, 0.25) is 0 Å². The fraction of sp³-hybridized carbons (Fsp3) is 0.864. The second kappa shape index (κ2) is 21.4. The molecule has 0 aliphatic rings. The fourth-order valence-corrected chi connectivity index (χ4v) is 3.12. The molecule has 0 bridgehead atoms. The molecule has 0 saturated heterocycles. The Kier molecular flexibility index (Phi) is 20.7. The molecule has 27 heavy (non-hydrogen) atoms. The second-order valence-corrected chi connectivity index (χ2v) is 7.48. The summed E-state index contributed by atoms with van der Waals surface area (Å²) < 4.78 is 0. The molecule has 0 aliphatic carbocycles. The van der Waals surface area contributed by atoms with Crippen molar-refractivity contribution in [3.05, 3.63) is 12.2 Å². The molecule has 0 aromatic carbocycles. The van der Waals surface area contributed by atoms with Gasteiger partial charge in [-0.25, -0.2) is 0 Å². The zero-order chi connectivity index (χ0) is 20.0. The van der Waals surface area contributed by atoms with Crippen LogP contribution in [0.15, 0.2) is 12.2 Å². The molecule has 5 nitrogen and oxygen atoms in total. The lowest BCUT2D eigenvalue weighted by Gasteiger charge is -2.03. The van der Waals surface area contributed by atoms with E-state index in [0.29, 0.717) is 6.42 Å². The Morgan fingerprint density at radius 2 is 1.15 bits per heavy atom. The average Bonchev–Trinajstić information content (AvgIpc) is 2.62. The van der Waals surface area contributed by atoms with E-state index in [1.807, 2.05) is 0 Å². The van der Waals surface area contributed by atoms with E-state index in [2.05, 4.69) is 17.5 Å². The van der Waals surface area contributed by atoms with Crippen molar-refractivity contribution in [2.75, 3.05) is 13.1 Å². The summed E-state index contributed by atoms with van der Waals surface area (Å²) in [5.74, 6) is -0.782. The number of aliphatic carboxylic acids is 1. The smallest absolute Gasteiger partial charge is 0.317 e. The minimum Gasteiger partial charge on any atom is -0.480 e. The van der Waals surface area contributed by atoms with Crippen LogP contribution in [-0.4, -0.2) is 40.7 Å². The Balaban J connectivity index is 3.10. The lowest BCUT2D eigenvalue weighted by Crippen LogP contribution is -2.23. The molecule has 0 heterocycles. The molecule has 5 heteroatoms. The Bertz CT molecular complexity index is 345. The number of hydrogen-bond acceptors (Lipinski definition) is 4. The van der Waals surface area contributed by atoms with Crippen LogP contribution in [-0.2, 0) is 4.79 Å². The minimum absolute atomic E-state index is 0.0729. The molecular formula is C22H43NO4. The van der Waals surface area contributed by atoms with Crippen molar-refractivity contribution in [1.82, 2.24) is 5.32 Å². The molecule has 0 rings (SSSR count). The first kappa shape index (κ1) is 26.1. The maximum atomic E-state index is 10.3. The van der Waals surface area contributed by atoms with Crippen molar-refractivity contribution >= 4 is 5.97 Å². The summed E-state index contributed by atoms with van der Waals surface area (Å²) in [6.07, 6.45) is 22.2. The van der Waals surface area contributed by atoms with E-state index in [4.69, 9.17) is 15.3 Å². The largest absolute Gasteiger partial charge is 0.480 e. The SMILES string of the molecule is O=C(O)CNCCCCCCCC/C=C\CCCCCCCCCC(O)O. The van der Waals surface area contributed by atoms with Gasteiger partial charge in [-0.1, -0.05) is 69.9 Å². The Labute approximate surface area is 166 Å². The van der Waals surface area contributed by atoms with E-state index in [0.717, 1.165) is 25.8 Å². The minimum atomic E-state index is -1.13. The van der Waals surface area contributed by atoms with Gasteiger partial charge >= 0.3 is 5.97 Å². The van der Waals surface area contributed by atoms with Crippen LogP contribution in [0.25, 0.3) is 0 Å². The summed E-state index contributed by atoms with van der Waals surface area (Å²) in [5, 5.41) is 28.9. The van der Waals surface area contributed by atoms with Crippen LogP contribution in [0.1, 0.15) is 103 Å². The predicted octanol–water partition coefficient (Wildman–Crippen LogP) is 4.77. The third-order valence-corrected chi connectivity index (χ3v) is 4.75. The van der Waals surface area contributed by atoms with Crippen molar-refractivity contribution in [2.24, 2.45) is 0 Å². The third-order valence-electron chi connectivity index (χ3n) is 4.75. The van der Waals surface area contributed by atoms with Gasteiger partial charge in [0.15, 0.2) is 6.29 Å². The van der Waals surface area contributed by atoms with Gasteiger partial charge in [-0.15, -0.1) is 0 Å². The maximum Gasteiger partial charge on any atom is 0.317 e. The molecule has 0 unspecified atom stereocenters. The molecule has 0 saturated carbocycles. The van der Waals surface area contributed by atoms with Crippen molar-refractivity contribution in [3.63, 3.8) is 0 Å². The summed E-state index contributed by atoms with van der Waals surface area (Å²) >= 11 is 0. The number of hydrogen-bond donors (Lipinski definition) is 4. The first-order valence-corrected chi connectivity index (χ1v) is 11.1. The zero-order valence-corrected chi connectivity index (χ0v) is 17.2. The molecule has 0 atom stereocenters. The number of nitrogens with one attached hydrogen (secondary N) is 1. The number of carboxylic acids is 1. The first-order chi connectivity index (χ1) is 13.1. The van der Waals surface area contributed by atoms with Gasteiger partial charge in [-0.2, -0.15) is 0 Å². The van der Waals surface area contributed by atoms with Crippen LogP contribution in [0.5, 0.6) is 0 Å². The molecule has 0 radical (unpaired) electrons. The van der Waals surface area contributed by atoms with Gasteiger partial charge in [0.1, 0.15) is 0 Å². The van der Waals surface area contributed by atoms with E-state index < -0.39 is 12.3 Å². The van der Waals surface area contributed by atoms with Crippen LogP contribution in [0.4, 0.5) is 0 Å². The van der Waals surface area contributed by atoms with E-state index >= 15 is 0 Å². The molecular weight excluding hydrogens is 342 g/mol. The molecule has 160 valence electrons. The van der Waals surface area contributed by atoms with Crippen LogP contribution in [0.2, 0.25) is 0 Å². The average molecular weight is 386 g/mol. The lowest BCUT2D eigenvalue weighted by molar-refractivity contribution is -0.135. The van der Waals surface area contributed by atoms with Crippen LogP contribution < -0.4 is 5.32 Å². The topological polar surface area (TPSA) is 89.8 Å². The zero-order valence-electron chi connectivity index (χ0n) is 17.2. The number of carboxylic acid groups (broad SMARTS) is 1. The number of rotatable bonds is 21. The molecule has 0 fully saturated rings. The third kappa shape index (κ3) is 25.1. The number of aliphatic hydroxyl groups is 2. The van der Waals surface area contributed by atoms with Gasteiger partial charge < -0.3 is 20.6 Å². The van der Waals surface area contributed by atoms with E-state index in [9.17, 15) is 4.79 Å². The van der Waals surface area contributed by atoms with Crippen molar-refractivity contribution in [1.29, 1.82) is 0 Å². The maximum absolute atomic E-state index is 10.3. The van der Waals surface area contributed by atoms with Gasteiger partial charge in [-0.3, -0.25) is 4.79 Å². The summed E-state index contributed by atoms with van der Waals surface area (Å²) in [6.45, 7) is 0.881. The second-order valence-electron chi connectivity index (χ2n) is 7.48. The highest BCUT2D eigenvalue weighted by Gasteiger charge is 1.97. The Morgan fingerprint density at radius 1 is 0.704 bits per heavy atom. The van der Waals surface area contributed by atoms with E-state index in [1.165, 1.54) is 77.0 Å². The van der Waals surface area contributed by atoms with E-state index in [-0.39, 0.29) is 6.54 Å². The summed E-state index contributed by atoms with van der Waals surface area (Å²) in [6, 6.07) is 0. The van der Waals surface area contributed by atoms with Crippen molar-refractivity contribution < 1.29 is 20.1 Å². The number of allylic oxidation sites excluding steroid dienone is 2. The number of unbranched alkanes of at least 4 members (excludes halogenated alkanes) is 13. The van der Waals surface area contributed by atoms with Crippen LogP contribution >= 0.6 is 0 Å². The standard InChI is InChI=1S/C22H43NO4/c24-21(25)18-16-14-12-10-8-6-4-2-1-3-5-7-9-11-13-15-17-19-23-20-22(26)27/h1,3,21,23-25H,2,4-20H2,(H,26,27)/b3-1-. The Morgan fingerprint density at radius 3 is 1.63 bits per heavy atom. The molecule has 4 N–H and O–H groups in total. The fourth-order valence-electron chi connectivity index (χ4n) is 3.12. The Hall–Kier alpha value is -0.910. The van der Waals surface area contributed by atoms with Gasteiger partial charge in [0.05, 0.1) is 6.54 Å². The van der Waals surface area contributed by atoms with Crippen LogP contribution in [0, 0.1) is 0 Å². The summed E-state index contributed by atoms with van der Waals surface area (Å²) in [4.78, 5) is 10.3. The quantitative estimate of drug-likeness (QED) is 0.130. The monoisotopic (exact) mass is 385 g/mol. The predicted molar refractivity (Wildman–Crippen MR) is 112 cm³/mol. The molecule has 0 spiro atoms. The summed E-state index contributed by atoms with van der Waals surface area (Å²) in [7, 11) is 0. The van der Waals surface area contributed by atoms with Crippen molar-refractivity contribution in [2.45, 2.75) is 109 Å². The lowest BCUT2D eigenvalue weighted by atomic mass is 10.1. The van der Waals surface area contributed by atoms with Gasteiger partial charge in [0, 0.05) is 0 Å². The van der Waals surface area contributed by atoms with Gasteiger partial charge in [0.25, 0.3) is 0 Å². The normalized spacial score (nSPS) is 11.7. The highest BCUT2D eigenvalue weighted by molar-refractivity contribution is 5.68. The highest BCUT2D eigenvalue weighted by atomic mass is 16.5.